The number of hydrogen-bond donors (Lipinski definition) is 2. The quantitative estimate of drug-likeness (QED) is 0.316. The first-order valence-electron chi connectivity index (χ1n) is 2.94. The maximum atomic E-state index is 4.81. The van der Waals surface area contributed by atoms with E-state index in [4.69, 9.17) is 5.84 Å². The van der Waals surface area contributed by atoms with Crippen LogP contribution in [0.1, 0.15) is 0 Å². The molecule has 1 atom stereocenters. The Hall–Kier alpha value is -1.39. The summed E-state index contributed by atoms with van der Waals surface area (Å²) in [7, 11) is 0. The average Bonchev–Trinajstić information content (AvgIpc) is 2.03. The Labute approximate surface area is 58.7 Å². The van der Waals surface area contributed by atoms with E-state index in [0.717, 1.165) is 0 Å². The van der Waals surface area contributed by atoms with Gasteiger partial charge in [-0.05, 0) is 0 Å². The van der Waals surface area contributed by atoms with E-state index >= 15 is 0 Å². The normalized spacial score (nSPS) is 23.4. The van der Waals surface area contributed by atoms with E-state index in [1.165, 1.54) is 0 Å². The first-order chi connectivity index (χ1) is 4.93. The number of aliphatic imine (C=N–C) groups is 1. The second-order valence-corrected chi connectivity index (χ2v) is 1.83. The van der Waals surface area contributed by atoms with Crippen molar-refractivity contribution in [3.63, 3.8) is 0 Å². The zero-order valence-corrected chi connectivity index (χ0v) is 5.44. The maximum Gasteiger partial charge on any atom is 0.0872 e. The molecule has 0 aromatic carbocycles. The third kappa shape index (κ3) is 1.85. The smallest absolute Gasteiger partial charge is 0.0872 e. The van der Waals surface area contributed by atoms with Crippen LogP contribution in [-0.4, -0.2) is 18.8 Å². The van der Waals surface area contributed by atoms with Crippen molar-refractivity contribution in [3.05, 3.63) is 12.4 Å². The van der Waals surface area contributed by atoms with E-state index in [1.54, 1.807) is 18.6 Å². The van der Waals surface area contributed by atoms with Gasteiger partial charge in [-0.25, -0.2) is 0 Å². The molecule has 0 amide bonds. The van der Waals surface area contributed by atoms with Crippen molar-refractivity contribution >= 4 is 6.21 Å². The highest BCUT2D eigenvalue weighted by atomic mass is 15.3. The minimum atomic E-state index is 0.136. The number of nitrogens with one attached hydrogen (secondary N) is 1. The molecule has 5 heteroatoms. The van der Waals surface area contributed by atoms with Crippen LogP contribution in [-0.2, 0) is 0 Å². The molecule has 1 aliphatic rings. The van der Waals surface area contributed by atoms with Gasteiger partial charge in [-0.1, -0.05) is 5.22 Å². The fourth-order valence-electron chi connectivity index (χ4n) is 0.641. The Morgan fingerprint density at radius 1 is 1.70 bits per heavy atom. The first-order valence-corrected chi connectivity index (χ1v) is 2.94. The molecule has 0 bridgehead atoms. The van der Waals surface area contributed by atoms with Crippen molar-refractivity contribution in [2.75, 3.05) is 6.54 Å². The second-order valence-electron chi connectivity index (χ2n) is 1.83. The molecule has 3 N–H and O–H groups in total. The summed E-state index contributed by atoms with van der Waals surface area (Å²) in [5.74, 6) is 4.81. The number of rotatable bonds is 2. The predicted molar refractivity (Wildman–Crippen MR) is 38.5 cm³/mol. The van der Waals surface area contributed by atoms with Crippen LogP contribution < -0.4 is 11.2 Å². The van der Waals surface area contributed by atoms with Gasteiger partial charge < -0.3 is 11.2 Å². The summed E-state index contributed by atoms with van der Waals surface area (Å²) in [4.78, 5) is 3.90. The topological polar surface area (TPSA) is 75.1 Å². The zero-order valence-electron chi connectivity index (χ0n) is 5.44. The Morgan fingerprint density at radius 3 is 3.20 bits per heavy atom. The molecule has 0 radical (unpaired) electrons. The number of nitrogens with zero attached hydrogens (tertiary/aromatic N) is 3. The van der Waals surface area contributed by atoms with Crippen molar-refractivity contribution in [3.8, 4) is 0 Å². The Morgan fingerprint density at radius 2 is 2.60 bits per heavy atom. The molecule has 0 saturated heterocycles. The van der Waals surface area contributed by atoms with E-state index in [2.05, 4.69) is 20.6 Å². The molecule has 1 aliphatic heterocycles. The third-order valence-corrected chi connectivity index (χ3v) is 1.10. The molecule has 5 nitrogen and oxygen atoms in total. The highest BCUT2D eigenvalue weighted by molar-refractivity contribution is 5.66. The lowest BCUT2D eigenvalue weighted by molar-refractivity contribution is 0.713. The minimum Gasteiger partial charge on any atom is -0.380 e. The van der Waals surface area contributed by atoms with Gasteiger partial charge in [-0.3, -0.25) is 4.99 Å². The number of hydrogen-bond acceptors (Lipinski definition) is 4. The van der Waals surface area contributed by atoms with Gasteiger partial charge in [0.2, 0.25) is 0 Å². The first kappa shape index (κ1) is 6.73. The lowest BCUT2D eigenvalue weighted by Crippen LogP contribution is -2.30. The van der Waals surface area contributed by atoms with Gasteiger partial charge in [0.15, 0.2) is 0 Å². The van der Waals surface area contributed by atoms with Crippen LogP contribution in [0, 0.1) is 0 Å². The molecule has 1 unspecified atom stereocenters. The van der Waals surface area contributed by atoms with Crippen LogP contribution in [0.15, 0.2) is 27.7 Å². The van der Waals surface area contributed by atoms with Crippen molar-refractivity contribution in [1.82, 2.24) is 5.32 Å². The fraction of sp³-hybridized carbons (Fsp3) is 0.400. The van der Waals surface area contributed by atoms with E-state index in [1.807, 2.05) is 0 Å². The maximum absolute atomic E-state index is 4.81. The summed E-state index contributed by atoms with van der Waals surface area (Å²) in [6.07, 6.45) is 5.20. The highest BCUT2D eigenvalue weighted by Crippen LogP contribution is 1.88. The Balaban J connectivity index is 2.30. The standard InChI is InChI=1S/C5H9N5/c6-10-9-4-5-3-7-1-2-8-5/h1-3,5,8H,4H2,(H2,6,9). The van der Waals surface area contributed by atoms with Crippen LogP contribution in [0.25, 0.3) is 0 Å². The van der Waals surface area contributed by atoms with Crippen LogP contribution in [0.2, 0.25) is 0 Å². The Kier molecular flexibility index (Phi) is 2.42. The molecule has 0 spiro atoms. The van der Waals surface area contributed by atoms with Gasteiger partial charge in [-0.2, -0.15) is 5.11 Å². The predicted octanol–water partition coefficient (Wildman–Crippen LogP) is -0.174. The van der Waals surface area contributed by atoms with Crippen molar-refractivity contribution in [2.45, 2.75) is 6.04 Å². The van der Waals surface area contributed by atoms with Crippen molar-refractivity contribution in [2.24, 2.45) is 21.2 Å². The van der Waals surface area contributed by atoms with Gasteiger partial charge in [0, 0.05) is 18.6 Å². The molecule has 0 aromatic rings. The summed E-state index contributed by atoms with van der Waals surface area (Å²) in [5.41, 5.74) is 0. The molecule has 0 aromatic heterocycles. The van der Waals surface area contributed by atoms with Gasteiger partial charge in [-0.15, -0.1) is 0 Å². The van der Waals surface area contributed by atoms with Gasteiger partial charge in [0.05, 0.1) is 12.6 Å². The number of nitrogens with two attached hydrogens (primary N) is 1. The third-order valence-electron chi connectivity index (χ3n) is 1.10. The van der Waals surface area contributed by atoms with Crippen LogP contribution >= 0.6 is 0 Å². The van der Waals surface area contributed by atoms with E-state index in [-0.39, 0.29) is 6.04 Å². The summed E-state index contributed by atoms with van der Waals surface area (Å²) >= 11 is 0. The van der Waals surface area contributed by atoms with Crippen LogP contribution in [0.5, 0.6) is 0 Å². The molecule has 0 aliphatic carbocycles. The van der Waals surface area contributed by atoms with Crippen molar-refractivity contribution in [1.29, 1.82) is 0 Å². The summed E-state index contributed by atoms with van der Waals surface area (Å²) < 4.78 is 0. The van der Waals surface area contributed by atoms with E-state index < -0.39 is 0 Å². The molecular weight excluding hydrogens is 130 g/mol. The zero-order chi connectivity index (χ0) is 7.23. The molecule has 0 saturated carbocycles. The highest BCUT2D eigenvalue weighted by Gasteiger charge is 2.02. The van der Waals surface area contributed by atoms with Gasteiger partial charge in [0.25, 0.3) is 0 Å². The molecule has 10 heavy (non-hydrogen) atoms. The van der Waals surface area contributed by atoms with E-state index in [0.29, 0.717) is 6.54 Å². The average molecular weight is 139 g/mol. The van der Waals surface area contributed by atoms with Gasteiger partial charge in [0.1, 0.15) is 0 Å². The molecule has 1 heterocycles. The molecule has 0 fully saturated rings. The molecule has 54 valence electrons. The monoisotopic (exact) mass is 139 g/mol. The minimum absolute atomic E-state index is 0.136. The largest absolute Gasteiger partial charge is 0.380 e. The molecule has 1 rings (SSSR count). The SMILES string of the molecule is NN=NCC1C=NC=CN1. The van der Waals surface area contributed by atoms with E-state index in [9.17, 15) is 0 Å². The Bertz CT molecular complexity index is 171. The lowest BCUT2D eigenvalue weighted by atomic mass is 10.3. The summed E-state index contributed by atoms with van der Waals surface area (Å²) in [6, 6.07) is 0.136. The lowest BCUT2D eigenvalue weighted by Gasteiger charge is -2.10. The van der Waals surface area contributed by atoms with Crippen molar-refractivity contribution < 1.29 is 0 Å². The summed E-state index contributed by atoms with van der Waals surface area (Å²) in [5, 5.41) is 9.75. The van der Waals surface area contributed by atoms with Gasteiger partial charge >= 0.3 is 0 Å². The van der Waals surface area contributed by atoms with Crippen LogP contribution in [0.3, 0.4) is 0 Å². The van der Waals surface area contributed by atoms with Crippen LogP contribution in [0.4, 0.5) is 0 Å². The fourth-order valence-corrected chi connectivity index (χ4v) is 0.641. The molecular formula is C5H9N5. The second kappa shape index (κ2) is 3.60. The summed E-state index contributed by atoms with van der Waals surface area (Å²) in [6.45, 7) is 0.532.